The fourth-order valence-corrected chi connectivity index (χ4v) is 2.40. The number of nitro groups is 1. The van der Waals surface area contributed by atoms with E-state index >= 15 is 0 Å². The van der Waals surface area contributed by atoms with Crippen molar-refractivity contribution in [2.45, 2.75) is 13.5 Å². The number of hydrogen-bond acceptors (Lipinski definition) is 4. The van der Waals surface area contributed by atoms with Crippen molar-refractivity contribution in [1.29, 1.82) is 0 Å². The van der Waals surface area contributed by atoms with Crippen LogP contribution >= 0.6 is 15.9 Å². The third-order valence-electron chi connectivity index (χ3n) is 2.42. The van der Waals surface area contributed by atoms with E-state index in [9.17, 15) is 10.1 Å². The Kier molecular flexibility index (Phi) is 3.44. The van der Waals surface area contributed by atoms with Gasteiger partial charge in [-0.3, -0.25) is 10.1 Å². The number of nitro benzene ring substituents is 1. The number of hydrogen-bond donors (Lipinski definition) is 1. The quantitative estimate of drug-likeness (QED) is 0.697. The topological polar surface area (TPSA) is 81.2 Å². The predicted molar refractivity (Wildman–Crippen MR) is 68.6 cm³/mol. The standard InChI is InChI=1S/C11H10BrN3O3/c1-7-4-9(12)11(10(5-7)15(17)18)14-3-2-8(6-16)13-14/h2-5,16H,6H2,1H3. The molecule has 2 aromatic rings. The molecule has 1 aromatic heterocycles. The Morgan fingerprint density at radius 2 is 2.28 bits per heavy atom. The van der Waals surface area contributed by atoms with E-state index in [-0.39, 0.29) is 12.3 Å². The van der Waals surface area contributed by atoms with Crippen LogP contribution in [0.15, 0.2) is 28.9 Å². The molecule has 0 amide bonds. The Bertz CT molecular complexity index is 610. The Morgan fingerprint density at radius 3 is 2.83 bits per heavy atom. The van der Waals surface area contributed by atoms with Crippen molar-refractivity contribution < 1.29 is 10.0 Å². The lowest BCUT2D eigenvalue weighted by molar-refractivity contribution is -0.384. The molecule has 7 heteroatoms. The van der Waals surface area contributed by atoms with Gasteiger partial charge in [0.25, 0.3) is 5.69 Å². The number of nitrogens with zero attached hydrogens (tertiary/aromatic N) is 3. The summed E-state index contributed by atoms with van der Waals surface area (Å²) in [5.74, 6) is 0. The minimum atomic E-state index is -0.451. The molecule has 0 bridgehead atoms. The van der Waals surface area contributed by atoms with E-state index in [1.54, 1.807) is 25.3 Å². The van der Waals surface area contributed by atoms with Gasteiger partial charge in [-0.2, -0.15) is 5.10 Å². The minimum absolute atomic E-state index is 0.0329. The maximum atomic E-state index is 11.1. The summed E-state index contributed by atoms with van der Waals surface area (Å²) in [7, 11) is 0. The molecule has 0 aliphatic heterocycles. The van der Waals surface area contributed by atoms with Gasteiger partial charge in [0.2, 0.25) is 0 Å². The second kappa shape index (κ2) is 4.87. The molecule has 0 spiro atoms. The number of aliphatic hydroxyl groups excluding tert-OH is 1. The monoisotopic (exact) mass is 311 g/mol. The fourth-order valence-electron chi connectivity index (χ4n) is 1.65. The second-order valence-electron chi connectivity index (χ2n) is 3.78. The molecule has 0 saturated heterocycles. The summed E-state index contributed by atoms with van der Waals surface area (Å²) < 4.78 is 1.97. The maximum Gasteiger partial charge on any atom is 0.296 e. The maximum absolute atomic E-state index is 11.1. The molecular weight excluding hydrogens is 302 g/mol. The van der Waals surface area contributed by atoms with Crippen LogP contribution in [0.25, 0.3) is 5.69 Å². The van der Waals surface area contributed by atoms with Crippen molar-refractivity contribution in [3.8, 4) is 5.69 Å². The number of benzene rings is 1. The highest BCUT2D eigenvalue weighted by molar-refractivity contribution is 9.10. The summed E-state index contributed by atoms with van der Waals surface area (Å²) in [6.07, 6.45) is 1.58. The Labute approximate surface area is 111 Å². The lowest BCUT2D eigenvalue weighted by Gasteiger charge is -2.07. The first-order valence-electron chi connectivity index (χ1n) is 5.13. The molecule has 1 aromatic carbocycles. The molecule has 18 heavy (non-hydrogen) atoms. The molecule has 1 heterocycles. The Balaban J connectivity index is 2.65. The van der Waals surface area contributed by atoms with E-state index in [0.29, 0.717) is 15.9 Å². The second-order valence-corrected chi connectivity index (χ2v) is 4.64. The molecule has 0 atom stereocenters. The normalized spacial score (nSPS) is 10.6. The van der Waals surface area contributed by atoms with Crippen LogP contribution in [0, 0.1) is 17.0 Å². The van der Waals surface area contributed by atoms with E-state index in [4.69, 9.17) is 5.11 Å². The van der Waals surface area contributed by atoms with Gasteiger partial charge in [-0.25, -0.2) is 4.68 Å². The molecule has 0 fully saturated rings. The van der Waals surface area contributed by atoms with Gasteiger partial charge in [-0.05, 0) is 40.5 Å². The van der Waals surface area contributed by atoms with E-state index < -0.39 is 4.92 Å². The molecular formula is C11H10BrN3O3. The van der Waals surface area contributed by atoms with E-state index in [0.717, 1.165) is 5.56 Å². The molecule has 0 radical (unpaired) electrons. The van der Waals surface area contributed by atoms with Gasteiger partial charge in [0, 0.05) is 12.3 Å². The fraction of sp³-hybridized carbons (Fsp3) is 0.182. The van der Waals surface area contributed by atoms with Gasteiger partial charge >= 0.3 is 0 Å². The molecule has 6 nitrogen and oxygen atoms in total. The minimum Gasteiger partial charge on any atom is -0.390 e. The van der Waals surface area contributed by atoms with Crippen LogP contribution in [-0.2, 0) is 6.61 Å². The van der Waals surface area contributed by atoms with E-state index in [1.807, 2.05) is 0 Å². The smallest absolute Gasteiger partial charge is 0.296 e. The van der Waals surface area contributed by atoms with Crippen LogP contribution in [-0.4, -0.2) is 19.8 Å². The molecule has 0 unspecified atom stereocenters. The first kappa shape index (κ1) is 12.7. The molecule has 1 N–H and O–H groups in total. The van der Waals surface area contributed by atoms with Gasteiger partial charge in [-0.1, -0.05) is 0 Å². The summed E-state index contributed by atoms with van der Waals surface area (Å²) in [6.45, 7) is 1.58. The molecule has 0 aliphatic carbocycles. The molecule has 2 rings (SSSR count). The summed E-state index contributed by atoms with van der Waals surface area (Å²) in [4.78, 5) is 10.6. The van der Waals surface area contributed by atoms with Crippen molar-refractivity contribution in [3.63, 3.8) is 0 Å². The van der Waals surface area contributed by atoms with E-state index in [2.05, 4.69) is 21.0 Å². The zero-order valence-corrected chi connectivity index (χ0v) is 11.1. The van der Waals surface area contributed by atoms with Crippen LogP contribution in [0.5, 0.6) is 0 Å². The van der Waals surface area contributed by atoms with Crippen molar-refractivity contribution in [1.82, 2.24) is 9.78 Å². The molecule has 94 valence electrons. The largest absolute Gasteiger partial charge is 0.390 e. The third kappa shape index (κ3) is 2.27. The lowest BCUT2D eigenvalue weighted by atomic mass is 10.2. The number of aryl methyl sites for hydroxylation is 1. The van der Waals surface area contributed by atoms with Crippen molar-refractivity contribution in [3.05, 3.63) is 50.2 Å². The first-order chi connectivity index (χ1) is 8.52. The van der Waals surface area contributed by atoms with Crippen LogP contribution in [0.1, 0.15) is 11.3 Å². The van der Waals surface area contributed by atoms with Gasteiger partial charge in [0.15, 0.2) is 5.69 Å². The van der Waals surface area contributed by atoms with Gasteiger partial charge < -0.3 is 5.11 Å². The van der Waals surface area contributed by atoms with Gasteiger partial charge in [0.1, 0.15) is 0 Å². The van der Waals surface area contributed by atoms with Crippen LogP contribution in [0.2, 0.25) is 0 Å². The first-order valence-corrected chi connectivity index (χ1v) is 5.92. The van der Waals surface area contributed by atoms with Gasteiger partial charge in [0.05, 0.1) is 21.7 Å². The average molecular weight is 312 g/mol. The number of aliphatic hydroxyl groups is 1. The third-order valence-corrected chi connectivity index (χ3v) is 3.02. The van der Waals surface area contributed by atoms with Crippen molar-refractivity contribution in [2.75, 3.05) is 0 Å². The summed E-state index contributed by atoms with van der Waals surface area (Å²) >= 11 is 3.31. The number of aromatic nitrogens is 2. The summed E-state index contributed by atoms with van der Waals surface area (Å²) in [5, 5.41) is 24.1. The lowest BCUT2D eigenvalue weighted by Crippen LogP contribution is -2.03. The predicted octanol–water partition coefficient (Wildman–Crippen LogP) is 2.34. The zero-order valence-electron chi connectivity index (χ0n) is 9.50. The zero-order chi connectivity index (χ0) is 13.3. The van der Waals surface area contributed by atoms with Crippen molar-refractivity contribution in [2.24, 2.45) is 0 Å². The SMILES string of the molecule is Cc1cc(Br)c(-n2ccc(CO)n2)c([N+](=O)[O-])c1. The van der Waals surface area contributed by atoms with Crippen molar-refractivity contribution >= 4 is 21.6 Å². The number of halogens is 1. The summed E-state index contributed by atoms with van der Waals surface area (Å²) in [6, 6.07) is 4.87. The number of rotatable bonds is 3. The van der Waals surface area contributed by atoms with E-state index in [1.165, 1.54) is 10.7 Å². The van der Waals surface area contributed by atoms with Crippen LogP contribution < -0.4 is 0 Å². The average Bonchev–Trinajstić information content (AvgIpc) is 2.76. The highest BCUT2D eigenvalue weighted by Crippen LogP contribution is 2.31. The van der Waals surface area contributed by atoms with Crippen LogP contribution in [0.4, 0.5) is 5.69 Å². The highest BCUT2D eigenvalue weighted by atomic mass is 79.9. The van der Waals surface area contributed by atoms with Gasteiger partial charge in [-0.15, -0.1) is 0 Å². The summed E-state index contributed by atoms with van der Waals surface area (Å²) in [5.41, 5.74) is 1.56. The Hall–Kier alpha value is -1.73. The Morgan fingerprint density at radius 1 is 1.56 bits per heavy atom. The molecule has 0 saturated carbocycles. The highest BCUT2D eigenvalue weighted by Gasteiger charge is 2.20. The molecule has 0 aliphatic rings. The van der Waals surface area contributed by atoms with Crippen LogP contribution in [0.3, 0.4) is 0 Å².